The van der Waals surface area contributed by atoms with E-state index in [0.717, 1.165) is 53.3 Å². The van der Waals surface area contributed by atoms with Gasteiger partial charge in [-0.15, -0.1) is 0 Å². The number of fused-ring (bicyclic) bond motifs is 2. The summed E-state index contributed by atoms with van der Waals surface area (Å²) in [6.45, 7) is 6.85. The Bertz CT molecular complexity index is 1240. The third-order valence-electron chi connectivity index (χ3n) is 5.68. The smallest absolute Gasteiger partial charge is 0.163 e. The fourth-order valence-electron chi connectivity index (χ4n) is 4.21. The lowest BCUT2D eigenvalue weighted by atomic mass is 9.98. The second-order valence-electron chi connectivity index (χ2n) is 7.73. The molecule has 0 fully saturated rings. The second-order valence-corrected chi connectivity index (χ2v) is 7.73. The number of benzene rings is 2. The van der Waals surface area contributed by atoms with Crippen LogP contribution >= 0.6 is 0 Å². The SMILES string of the molecule is CCOc1cc2c(cc1OCC)CN(c1nc(-c3cccnc3)nc3ccccc13)CC2. The van der Waals surface area contributed by atoms with E-state index in [1.807, 2.05) is 50.4 Å². The van der Waals surface area contributed by atoms with Crippen LogP contribution in [0, 0.1) is 0 Å². The molecular formula is C26H26N4O2. The van der Waals surface area contributed by atoms with E-state index in [-0.39, 0.29) is 0 Å². The Labute approximate surface area is 187 Å². The number of hydrogen-bond acceptors (Lipinski definition) is 6. The van der Waals surface area contributed by atoms with Crippen molar-refractivity contribution in [3.63, 3.8) is 0 Å². The Balaban J connectivity index is 1.56. The molecule has 6 nitrogen and oxygen atoms in total. The minimum atomic E-state index is 0.605. The number of ether oxygens (including phenoxy) is 2. The Morgan fingerprint density at radius 3 is 2.44 bits per heavy atom. The van der Waals surface area contributed by atoms with Crippen molar-refractivity contribution in [3.05, 3.63) is 72.1 Å². The van der Waals surface area contributed by atoms with Crippen molar-refractivity contribution < 1.29 is 9.47 Å². The maximum absolute atomic E-state index is 5.87. The first-order valence-electron chi connectivity index (χ1n) is 11.1. The molecule has 0 aliphatic carbocycles. The standard InChI is InChI=1S/C26H26N4O2/c1-3-31-23-14-18-11-13-30(17-20(18)15-24(23)32-4-2)26-21-9-5-6-10-22(21)28-25(29-26)19-8-7-12-27-16-19/h5-10,12,14-16H,3-4,11,13,17H2,1-2H3. The molecule has 4 aromatic rings. The zero-order chi connectivity index (χ0) is 21.9. The van der Waals surface area contributed by atoms with Gasteiger partial charge in [0.05, 0.1) is 18.7 Å². The monoisotopic (exact) mass is 426 g/mol. The predicted molar refractivity (Wildman–Crippen MR) is 126 cm³/mol. The summed E-state index contributed by atoms with van der Waals surface area (Å²) in [6, 6.07) is 16.4. The highest BCUT2D eigenvalue weighted by Gasteiger charge is 2.23. The van der Waals surface area contributed by atoms with Crippen LogP contribution in [-0.4, -0.2) is 34.7 Å². The Morgan fingerprint density at radius 1 is 0.906 bits per heavy atom. The maximum atomic E-state index is 5.87. The van der Waals surface area contributed by atoms with Crippen LogP contribution in [-0.2, 0) is 13.0 Å². The van der Waals surface area contributed by atoms with Crippen molar-refractivity contribution in [3.8, 4) is 22.9 Å². The minimum Gasteiger partial charge on any atom is -0.490 e. The fraction of sp³-hybridized carbons (Fsp3) is 0.269. The first-order valence-corrected chi connectivity index (χ1v) is 11.1. The van der Waals surface area contributed by atoms with E-state index < -0.39 is 0 Å². The van der Waals surface area contributed by atoms with Crippen LogP contribution in [0.25, 0.3) is 22.3 Å². The van der Waals surface area contributed by atoms with E-state index in [1.165, 1.54) is 11.1 Å². The molecule has 32 heavy (non-hydrogen) atoms. The molecule has 0 amide bonds. The number of para-hydroxylation sites is 1. The zero-order valence-electron chi connectivity index (χ0n) is 18.4. The van der Waals surface area contributed by atoms with Crippen LogP contribution in [0.15, 0.2) is 60.9 Å². The summed E-state index contributed by atoms with van der Waals surface area (Å²) in [7, 11) is 0. The number of pyridine rings is 1. The summed E-state index contributed by atoms with van der Waals surface area (Å²) in [6.07, 6.45) is 4.49. The number of rotatable bonds is 6. The number of anilines is 1. The summed E-state index contributed by atoms with van der Waals surface area (Å²) >= 11 is 0. The van der Waals surface area contributed by atoms with Crippen molar-refractivity contribution in [2.45, 2.75) is 26.8 Å². The largest absolute Gasteiger partial charge is 0.490 e. The third kappa shape index (κ3) is 3.84. The van der Waals surface area contributed by atoms with Gasteiger partial charge in [0.25, 0.3) is 0 Å². The van der Waals surface area contributed by atoms with Crippen LogP contribution in [0.1, 0.15) is 25.0 Å². The van der Waals surface area contributed by atoms with Gasteiger partial charge in [-0.05, 0) is 67.8 Å². The van der Waals surface area contributed by atoms with Crippen LogP contribution < -0.4 is 14.4 Å². The molecule has 3 heterocycles. The molecule has 1 aliphatic rings. The van der Waals surface area contributed by atoms with Gasteiger partial charge in [0, 0.05) is 36.4 Å². The molecule has 6 heteroatoms. The normalized spacial score (nSPS) is 13.1. The summed E-state index contributed by atoms with van der Waals surface area (Å²) in [5.74, 6) is 3.28. The first kappa shape index (κ1) is 20.2. The van der Waals surface area contributed by atoms with Gasteiger partial charge in [-0.25, -0.2) is 9.97 Å². The van der Waals surface area contributed by atoms with Crippen molar-refractivity contribution in [1.29, 1.82) is 0 Å². The minimum absolute atomic E-state index is 0.605. The zero-order valence-corrected chi connectivity index (χ0v) is 18.4. The van der Waals surface area contributed by atoms with Crippen LogP contribution in [0.5, 0.6) is 11.5 Å². The Morgan fingerprint density at radius 2 is 1.69 bits per heavy atom. The van der Waals surface area contributed by atoms with Gasteiger partial charge in [0.2, 0.25) is 0 Å². The van der Waals surface area contributed by atoms with E-state index >= 15 is 0 Å². The van der Waals surface area contributed by atoms with Gasteiger partial charge in [0.1, 0.15) is 5.82 Å². The van der Waals surface area contributed by atoms with Gasteiger partial charge >= 0.3 is 0 Å². The van der Waals surface area contributed by atoms with Crippen molar-refractivity contribution in [1.82, 2.24) is 15.0 Å². The molecule has 0 bridgehead atoms. The molecule has 0 spiro atoms. The molecule has 0 atom stereocenters. The number of nitrogens with zero attached hydrogens (tertiary/aromatic N) is 4. The summed E-state index contributed by atoms with van der Waals surface area (Å²) in [5.41, 5.74) is 4.40. The van der Waals surface area contributed by atoms with Gasteiger partial charge in [-0.1, -0.05) is 12.1 Å². The van der Waals surface area contributed by atoms with E-state index in [1.54, 1.807) is 6.20 Å². The van der Waals surface area contributed by atoms with Gasteiger partial charge in [0.15, 0.2) is 17.3 Å². The number of aromatic nitrogens is 3. The van der Waals surface area contributed by atoms with Crippen LogP contribution in [0.3, 0.4) is 0 Å². The van der Waals surface area contributed by atoms with Crippen LogP contribution in [0.2, 0.25) is 0 Å². The molecule has 0 N–H and O–H groups in total. The van der Waals surface area contributed by atoms with E-state index in [0.29, 0.717) is 19.0 Å². The highest BCUT2D eigenvalue weighted by molar-refractivity contribution is 5.91. The summed E-state index contributed by atoms with van der Waals surface area (Å²) in [5, 5.41) is 1.06. The molecule has 0 unspecified atom stereocenters. The quantitative estimate of drug-likeness (QED) is 0.430. The molecule has 2 aromatic carbocycles. The van der Waals surface area contributed by atoms with Crippen molar-refractivity contribution in [2.75, 3.05) is 24.7 Å². The lowest BCUT2D eigenvalue weighted by Gasteiger charge is -2.31. The predicted octanol–water partition coefficient (Wildman–Crippen LogP) is 5.05. The first-order chi connectivity index (χ1) is 15.8. The molecule has 0 saturated carbocycles. The maximum Gasteiger partial charge on any atom is 0.163 e. The molecule has 5 rings (SSSR count). The average Bonchev–Trinajstić information content (AvgIpc) is 2.84. The average molecular weight is 427 g/mol. The topological polar surface area (TPSA) is 60.4 Å². The summed E-state index contributed by atoms with van der Waals surface area (Å²) in [4.78, 5) is 16.4. The Hall–Kier alpha value is -3.67. The molecule has 1 aliphatic heterocycles. The van der Waals surface area contributed by atoms with E-state index in [2.05, 4.69) is 28.1 Å². The molecular weight excluding hydrogens is 400 g/mol. The lowest BCUT2D eigenvalue weighted by Crippen LogP contribution is -2.31. The molecule has 162 valence electrons. The molecule has 0 saturated heterocycles. The second kappa shape index (κ2) is 8.83. The van der Waals surface area contributed by atoms with Crippen molar-refractivity contribution in [2.24, 2.45) is 0 Å². The highest BCUT2D eigenvalue weighted by Crippen LogP contribution is 2.36. The van der Waals surface area contributed by atoms with Gasteiger partial charge in [-0.3, -0.25) is 4.98 Å². The molecule has 0 radical (unpaired) electrons. The summed E-state index contributed by atoms with van der Waals surface area (Å²) < 4.78 is 11.7. The van der Waals surface area contributed by atoms with Crippen molar-refractivity contribution >= 4 is 16.7 Å². The van der Waals surface area contributed by atoms with E-state index in [9.17, 15) is 0 Å². The molecule has 2 aromatic heterocycles. The van der Waals surface area contributed by atoms with Crippen LogP contribution in [0.4, 0.5) is 5.82 Å². The van der Waals surface area contributed by atoms with Gasteiger partial charge in [-0.2, -0.15) is 0 Å². The Kier molecular flexibility index (Phi) is 5.58. The lowest BCUT2D eigenvalue weighted by molar-refractivity contribution is 0.287. The van der Waals surface area contributed by atoms with Gasteiger partial charge < -0.3 is 14.4 Å². The fourth-order valence-corrected chi connectivity index (χ4v) is 4.21. The highest BCUT2D eigenvalue weighted by atomic mass is 16.5. The van der Waals surface area contributed by atoms with E-state index in [4.69, 9.17) is 19.4 Å². The third-order valence-corrected chi connectivity index (χ3v) is 5.68. The number of hydrogen-bond donors (Lipinski definition) is 0.